The van der Waals surface area contributed by atoms with Gasteiger partial charge in [0.2, 0.25) is 0 Å². The molecule has 1 unspecified atom stereocenters. The first-order valence-electron chi connectivity index (χ1n) is 7.42. The van der Waals surface area contributed by atoms with Gasteiger partial charge in [-0.1, -0.05) is 30.3 Å². The van der Waals surface area contributed by atoms with E-state index in [1.807, 2.05) is 30.3 Å². The van der Waals surface area contributed by atoms with Gasteiger partial charge in [-0.05, 0) is 12.5 Å². The number of hydrogen-bond acceptors (Lipinski definition) is 5. The van der Waals surface area contributed by atoms with E-state index in [0.29, 0.717) is 19.8 Å². The van der Waals surface area contributed by atoms with E-state index in [2.05, 4.69) is 0 Å². The molecular formula is C16H21NO5. The number of rotatable bonds is 7. The van der Waals surface area contributed by atoms with Gasteiger partial charge in [0.1, 0.15) is 12.7 Å². The smallest absolute Gasteiger partial charge is 0.409 e. The fourth-order valence-corrected chi connectivity index (χ4v) is 2.16. The number of hydrogen-bond donors (Lipinski definition) is 0. The molecule has 1 aliphatic heterocycles. The second-order valence-electron chi connectivity index (χ2n) is 5.00. The van der Waals surface area contributed by atoms with Gasteiger partial charge in [0, 0.05) is 6.54 Å². The summed E-state index contributed by atoms with van der Waals surface area (Å²) in [6.45, 7) is 3.50. The first-order chi connectivity index (χ1) is 10.7. The van der Waals surface area contributed by atoms with Crippen molar-refractivity contribution in [3.8, 4) is 0 Å². The molecule has 0 saturated carbocycles. The van der Waals surface area contributed by atoms with Gasteiger partial charge in [0.05, 0.1) is 26.2 Å². The number of cyclic esters (lactones) is 1. The summed E-state index contributed by atoms with van der Waals surface area (Å²) in [4.78, 5) is 24.5. The lowest BCUT2D eigenvalue weighted by atomic mass is 10.2. The SMILES string of the molecule is CCOC(=O)CCN1CC(OCc2ccccc2)COC1=O. The van der Waals surface area contributed by atoms with Gasteiger partial charge in [0.15, 0.2) is 0 Å². The molecule has 1 aliphatic rings. The molecule has 1 aromatic rings. The predicted octanol–water partition coefficient (Wildman–Crippen LogP) is 1.98. The number of carbonyl (C=O) groups is 2. The number of amides is 1. The van der Waals surface area contributed by atoms with Crippen LogP contribution in [0.15, 0.2) is 30.3 Å². The third-order valence-corrected chi connectivity index (χ3v) is 3.29. The van der Waals surface area contributed by atoms with Crippen LogP contribution >= 0.6 is 0 Å². The highest BCUT2D eigenvalue weighted by molar-refractivity contribution is 5.72. The summed E-state index contributed by atoms with van der Waals surface area (Å²) in [5, 5.41) is 0. The van der Waals surface area contributed by atoms with Gasteiger partial charge in [-0.25, -0.2) is 4.79 Å². The third-order valence-electron chi connectivity index (χ3n) is 3.29. The van der Waals surface area contributed by atoms with Crippen molar-refractivity contribution in [1.82, 2.24) is 4.90 Å². The fourth-order valence-electron chi connectivity index (χ4n) is 2.16. The van der Waals surface area contributed by atoms with Crippen molar-refractivity contribution < 1.29 is 23.8 Å². The predicted molar refractivity (Wildman–Crippen MR) is 79.2 cm³/mol. The fraction of sp³-hybridized carbons (Fsp3) is 0.500. The number of esters is 1. The van der Waals surface area contributed by atoms with Crippen LogP contribution in [-0.2, 0) is 25.6 Å². The van der Waals surface area contributed by atoms with Crippen LogP contribution in [-0.4, -0.2) is 49.4 Å². The van der Waals surface area contributed by atoms with E-state index in [1.165, 1.54) is 4.90 Å². The third kappa shape index (κ3) is 5.04. The van der Waals surface area contributed by atoms with E-state index in [-0.39, 0.29) is 31.6 Å². The van der Waals surface area contributed by atoms with E-state index < -0.39 is 6.09 Å². The first kappa shape index (κ1) is 16.3. The van der Waals surface area contributed by atoms with E-state index in [9.17, 15) is 9.59 Å². The molecule has 0 radical (unpaired) electrons. The monoisotopic (exact) mass is 307 g/mol. The second kappa shape index (κ2) is 8.38. The van der Waals surface area contributed by atoms with Crippen molar-refractivity contribution in [2.24, 2.45) is 0 Å². The maximum atomic E-state index is 11.7. The molecule has 6 nitrogen and oxygen atoms in total. The van der Waals surface area contributed by atoms with Crippen LogP contribution in [0.3, 0.4) is 0 Å². The summed E-state index contributed by atoms with van der Waals surface area (Å²) in [5.41, 5.74) is 1.07. The Hall–Kier alpha value is -2.08. The lowest BCUT2D eigenvalue weighted by Crippen LogP contribution is -2.47. The molecule has 1 fully saturated rings. The molecule has 0 aliphatic carbocycles. The Morgan fingerprint density at radius 1 is 1.36 bits per heavy atom. The zero-order chi connectivity index (χ0) is 15.8. The lowest BCUT2D eigenvalue weighted by Gasteiger charge is -2.31. The first-order valence-corrected chi connectivity index (χ1v) is 7.42. The van der Waals surface area contributed by atoms with E-state index >= 15 is 0 Å². The highest BCUT2D eigenvalue weighted by Gasteiger charge is 2.28. The van der Waals surface area contributed by atoms with Crippen molar-refractivity contribution in [2.45, 2.75) is 26.1 Å². The average molecular weight is 307 g/mol. The highest BCUT2D eigenvalue weighted by Crippen LogP contribution is 2.12. The van der Waals surface area contributed by atoms with Crippen LogP contribution in [0.1, 0.15) is 18.9 Å². The summed E-state index contributed by atoms with van der Waals surface area (Å²) in [7, 11) is 0. The largest absolute Gasteiger partial charge is 0.466 e. The molecular weight excluding hydrogens is 286 g/mol. The molecule has 0 spiro atoms. The molecule has 1 aromatic carbocycles. The summed E-state index contributed by atoms with van der Waals surface area (Å²) in [5.74, 6) is -0.317. The summed E-state index contributed by atoms with van der Waals surface area (Å²) in [6.07, 6.45) is -0.446. The van der Waals surface area contributed by atoms with Crippen LogP contribution in [0.5, 0.6) is 0 Å². The maximum Gasteiger partial charge on any atom is 0.409 e. The molecule has 1 saturated heterocycles. The molecule has 2 rings (SSSR count). The van der Waals surface area contributed by atoms with Crippen molar-refractivity contribution in [1.29, 1.82) is 0 Å². The molecule has 1 amide bonds. The number of benzene rings is 1. The van der Waals surface area contributed by atoms with Crippen molar-refractivity contribution >= 4 is 12.1 Å². The zero-order valence-corrected chi connectivity index (χ0v) is 12.7. The minimum absolute atomic E-state index is 0.161. The summed E-state index contributed by atoms with van der Waals surface area (Å²) >= 11 is 0. The number of nitrogens with zero attached hydrogens (tertiary/aromatic N) is 1. The minimum atomic E-state index is -0.413. The number of carbonyl (C=O) groups excluding carboxylic acids is 2. The van der Waals surface area contributed by atoms with Gasteiger partial charge in [0.25, 0.3) is 0 Å². The Balaban J connectivity index is 1.77. The molecule has 0 aromatic heterocycles. The second-order valence-corrected chi connectivity index (χ2v) is 5.00. The topological polar surface area (TPSA) is 65.1 Å². The molecule has 1 heterocycles. The standard InChI is InChI=1S/C16H21NO5/c1-2-20-15(18)8-9-17-10-14(12-22-16(17)19)21-11-13-6-4-3-5-7-13/h3-7,14H,2,8-12H2,1H3. The normalized spacial score (nSPS) is 18.0. The zero-order valence-electron chi connectivity index (χ0n) is 12.7. The Morgan fingerprint density at radius 2 is 2.14 bits per heavy atom. The van der Waals surface area contributed by atoms with Crippen LogP contribution in [0, 0.1) is 0 Å². The molecule has 120 valence electrons. The van der Waals surface area contributed by atoms with Gasteiger partial charge in [-0.15, -0.1) is 0 Å². The Kier molecular flexibility index (Phi) is 6.21. The van der Waals surface area contributed by atoms with Gasteiger partial charge < -0.3 is 19.1 Å². The molecule has 6 heteroatoms. The Labute approximate surface area is 129 Å². The molecule has 0 N–H and O–H groups in total. The lowest BCUT2D eigenvalue weighted by molar-refractivity contribution is -0.143. The van der Waals surface area contributed by atoms with Gasteiger partial charge in [-0.3, -0.25) is 4.79 Å². The summed E-state index contributed by atoms with van der Waals surface area (Å²) < 4.78 is 15.7. The number of ether oxygens (including phenoxy) is 3. The molecule has 1 atom stereocenters. The van der Waals surface area contributed by atoms with Crippen molar-refractivity contribution in [3.63, 3.8) is 0 Å². The van der Waals surface area contributed by atoms with Gasteiger partial charge in [-0.2, -0.15) is 0 Å². The van der Waals surface area contributed by atoms with Gasteiger partial charge >= 0.3 is 12.1 Å². The Bertz CT molecular complexity index is 491. The van der Waals surface area contributed by atoms with Crippen LogP contribution < -0.4 is 0 Å². The quantitative estimate of drug-likeness (QED) is 0.721. The summed E-state index contributed by atoms with van der Waals surface area (Å²) in [6, 6.07) is 9.81. The average Bonchev–Trinajstić information content (AvgIpc) is 2.54. The van der Waals surface area contributed by atoms with E-state index in [1.54, 1.807) is 6.92 Å². The molecule has 0 bridgehead atoms. The van der Waals surface area contributed by atoms with Crippen LogP contribution in [0.25, 0.3) is 0 Å². The van der Waals surface area contributed by atoms with Crippen molar-refractivity contribution in [2.75, 3.05) is 26.3 Å². The highest BCUT2D eigenvalue weighted by atomic mass is 16.6. The minimum Gasteiger partial charge on any atom is -0.466 e. The van der Waals surface area contributed by atoms with E-state index in [4.69, 9.17) is 14.2 Å². The Morgan fingerprint density at radius 3 is 2.86 bits per heavy atom. The molecule has 22 heavy (non-hydrogen) atoms. The van der Waals surface area contributed by atoms with E-state index in [0.717, 1.165) is 5.56 Å². The van der Waals surface area contributed by atoms with Crippen LogP contribution in [0.2, 0.25) is 0 Å². The van der Waals surface area contributed by atoms with Crippen LogP contribution in [0.4, 0.5) is 4.79 Å². The van der Waals surface area contributed by atoms with Crippen molar-refractivity contribution in [3.05, 3.63) is 35.9 Å². The maximum absolute atomic E-state index is 11.7.